The van der Waals surface area contributed by atoms with Gasteiger partial charge in [-0.1, -0.05) is 11.6 Å². The van der Waals surface area contributed by atoms with Gasteiger partial charge in [-0.2, -0.15) is 5.26 Å². The van der Waals surface area contributed by atoms with Gasteiger partial charge in [0.05, 0.1) is 10.6 Å². The second-order valence-corrected chi connectivity index (χ2v) is 4.60. The summed E-state index contributed by atoms with van der Waals surface area (Å²) in [6.07, 6.45) is 3.21. The Morgan fingerprint density at radius 3 is 3.00 bits per heavy atom. The van der Waals surface area contributed by atoms with E-state index >= 15 is 0 Å². The summed E-state index contributed by atoms with van der Waals surface area (Å²) in [5, 5.41) is 12.7. The van der Waals surface area contributed by atoms with Crippen LogP contribution in [-0.4, -0.2) is 19.3 Å². The Labute approximate surface area is 106 Å². The van der Waals surface area contributed by atoms with Crippen LogP contribution in [-0.2, 0) is 4.74 Å². The van der Waals surface area contributed by atoms with Crippen LogP contribution in [0.2, 0.25) is 5.02 Å². The van der Waals surface area contributed by atoms with Crippen LogP contribution in [0.15, 0.2) is 18.2 Å². The van der Waals surface area contributed by atoms with Gasteiger partial charge in [-0.05, 0) is 37.5 Å². The van der Waals surface area contributed by atoms with Crippen LogP contribution in [0, 0.1) is 11.3 Å². The Morgan fingerprint density at radius 2 is 2.24 bits per heavy atom. The molecule has 1 aliphatic heterocycles. The lowest BCUT2D eigenvalue weighted by Gasteiger charge is -2.17. The molecule has 0 saturated carbocycles. The van der Waals surface area contributed by atoms with E-state index in [1.807, 2.05) is 12.1 Å². The summed E-state index contributed by atoms with van der Waals surface area (Å²) in [7, 11) is 0. The van der Waals surface area contributed by atoms with Crippen molar-refractivity contribution in [1.82, 2.24) is 0 Å². The standard InChI is InChI=1S/C13H15ClN2O/c14-13-8-12(4-3-10(13)9-15)16-11-2-1-6-17-7-5-11/h3-4,8,11,16H,1-2,5-7H2/t11-/m0/s1. The zero-order chi connectivity index (χ0) is 12.1. The summed E-state index contributed by atoms with van der Waals surface area (Å²) in [4.78, 5) is 0. The minimum absolute atomic E-state index is 0.432. The number of hydrogen-bond acceptors (Lipinski definition) is 3. The van der Waals surface area contributed by atoms with Gasteiger partial charge >= 0.3 is 0 Å². The molecule has 1 fully saturated rings. The largest absolute Gasteiger partial charge is 0.382 e. The first kappa shape index (κ1) is 12.2. The van der Waals surface area contributed by atoms with E-state index in [9.17, 15) is 0 Å². The van der Waals surface area contributed by atoms with E-state index in [0.717, 1.165) is 38.2 Å². The normalized spacial score (nSPS) is 20.4. The molecule has 0 aliphatic carbocycles. The second kappa shape index (κ2) is 5.90. The first-order chi connectivity index (χ1) is 8.29. The third-order valence-corrected chi connectivity index (χ3v) is 3.22. The Hall–Kier alpha value is -1.24. The summed E-state index contributed by atoms with van der Waals surface area (Å²) in [5.41, 5.74) is 1.49. The zero-order valence-corrected chi connectivity index (χ0v) is 10.3. The molecule has 4 heteroatoms. The van der Waals surface area contributed by atoms with Crippen LogP contribution in [0.25, 0.3) is 0 Å². The number of benzene rings is 1. The summed E-state index contributed by atoms with van der Waals surface area (Å²) in [6.45, 7) is 1.66. The van der Waals surface area contributed by atoms with E-state index in [1.165, 1.54) is 0 Å². The van der Waals surface area contributed by atoms with Crippen molar-refractivity contribution in [1.29, 1.82) is 5.26 Å². The molecule has 0 amide bonds. The number of nitriles is 1. The molecule has 1 heterocycles. The van der Waals surface area contributed by atoms with Crippen molar-refractivity contribution in [3.05, 3.63) is 28.8 Å². The highest BCUT2D eigenvalue weighted by Crippen LogP contribution is 2.22. The lowest BCUT2D eigenvalue weighted by Crippen LogP contribution is -2.19. The quantitative estimate of drug-likeness (QED) is 0.877. The number of rotatable bonds is 2. The van der Waals surface area contributed by atoms with E-state index in [4.69, 9.17) is 21.6 Å². The SMILES string of the molecule is N#Cc1ccc(N[C@H]2CCCOCC2)cc1Cl. The molecule has 1 aliphatic rings. The van der Waals surface area contributed by atoms with Crippen LogP contribution in [0.5, 0.6) is 0 Å². The van der Waals surface area contributed by atoms with Crippen LogP contribution < -0.4 is 5.32 Å². The third-order valence-electron chi connectivity index (χ3n) is 2.91. The Kier molecular flexibility index (Phi) is 4.24. The summed E-state index contributed by atoms with van der Waals surface area (Å²) >= 11 is 5.99. The van der Waals surface area contributed by atoms with Crippen LogP contribution in [0.4, 0.5) is 5.69 Å². The van der Waals surface area contributed by atoms with Crippen molar-refractivity contribution in [2.45, 2.75) is 25.3 Å². The molecule has 1 atom stereocenters. The number of anilines is 1. The average Bonchev–Trinajstić information content (AvgIpc) is 2.58. The van der Waals surface area contributed by atoms with Gasteiger partial charge in [-0.15, -0.1) is 0 Å². The van der Waals surface area contributed by atoms with E-state index in [1.54, 1.807) is 6.07 Å². The van der Waals surface area contributed by atoms with Gasteiger partial charge < -0.3 is 10.1 Å². The second-order valence-electron chi connectivity index (χ2n) is 4.19. The Balaban J connectivity index is 2.03. The molecule has 1 saturated heterocycles. The first-order valence-electron chi connectivity index (χ1n) is 5.83. The van der Waals surface area contributed by atoms with Crippen molar-refractivity contribution in [2.75, 3.05) is 18.5 Å². The lowest BCUT2D eigenvalue weighted by atomic mass is 10.1. The molecule has 0 radical (unpaired) electrons. The Bertz CT molecular complexity index is 420. The predicted octanol–water partition coefficient (Wildman–Crippen LogP) is 3.19. The number of nitrogens with one attached hydrogen (secondary N) is 1. The van der Waals surface area contributed by atoms with E-state index in [-0.39, 0.29) is 0 Å². The summed E-state index contributed by atoms with van der Waals surface area (Å²) in [6, 6.07) is 7.95. The zero-order valence-electron chi connectivity index (χ0n) is 9.58. The molecule has 0 spiro atoms. The molecule has 0 bridgehead atoms. The monoisotopic (exact) mass is 250 g/mol. The molecule has 1 N–H and O–H groups in total. The van der Waals surface area contributed by atoms with Crippen LogP contribution in [0.3, 0.4) is 0 Å². The van der Waals surface area contributed by atoms with Gasteiger partial charge in [-0.3, -0.25) is 0 Å². The number of nitrogens with zero attached hydrogens (tertiary/aromatic N) is 1. The highest BCUT2D eigenvalue weighted by molar-refractivity contribution is 6.32. The van der Waals surface area contributed by atoms with Gasteiger partial charge in [0, 0.05) is 24.9 Å². The van der Waals surface area contributed by atoms with Gasteiger partial charge in [0.2, 0.25) is 0 Å². The molecule has 0 aromatic heterocycles. The lowest BCUT2D eigenvalue weighted by molar-refractivity contribution is 0.144. The molecule has 17 heavy (non-hydrogen) atoms. The van der Waals surface area contributed by atoms with Crippen molar-refractivity contribution in [2.24, 2.45) is 0 Å². The molecule has 0 unspecified atom stereocenters. The maximum atomic E-state index is 8.80. The fraction of sp³-hybridized carbons (Fsp3) is 0.462. The van der Waals surface area contributed by atoms with Gasteiger partial charge in [-0.25, -0.2) is 0 Å². The van der Waals surface area contributed by atoms with E-state index in [0.29, 0.717) is 16.6 Å². The molecule has 3 nitrogen and oxygen atoms in total. The number of halogens is 1. The van der Waals surface area contributed by atoms with Gasteiger partial charge in [0.15, 0.2) is 0 Å². The molecule has 1 aromatic carbocycles. The minimum Gasteiger partial charge on any atom is -0.382 e. The van der Waals surface area contributed by atoms with Crippen molar-refractivity contribution in [3.8, 4) is 6.07 Å². The molecule has 1 aromatic rings. The van der Waals surface area contributed by atoms with E-state index < -0.39 is 0 Å². The highest BCUT2D eigenvalue weighted by atomic mass is 35.5. The van der Waals surface area contributed by atoms with Gasteiger partial charge in [0.1, 0.15) is 6.07 Å². The van der Waals surface area contributed by atoms with Crippen molar-refractivity contribution >= 4 is 17.3 Å². The highest BCUT2D eigenvalue weighted by Gasteiger charge is 2.12. The fourth-order valence-corrected chi connectivity index (χ4v) is 2.20. The predicted molar refractivity (Wildman–Crippen MR) is 68.2 cm³/mol. The van der Waals surface area contributed by atoms with Crippen molar-refractivity contribution < 1.29 is 4.74 Å². The maximum absolute atomic E-state index is 8.80. The Morgan fingerprint density at radius 1 is 1.35 bits per heavy atom. The third kappa shape index (κ3) is 3.36. The first-order valence-corrected chi connectivity index (χ1v) is 6.21. The molecule has 2 rings (SSSR count). The van der Waals surface area contributed by atoms with Crippen molar-refractivity contribution in [3.63, 3.8) is 0 Å². The van der Waals surface area contributed by atoms with Crippen LogP contribution in [0.1, 0.15) is 24.8 Å². The smallest absolute Gasteiger partial charge is 0.101 e. The number of hydrogen-bond donors (Lipinski definition) is 1. The fourth-order valence-electron chi connectivity index (χ4n) is 1.98. The molecular formula is C13H15ClN2O. The molecule has 90 valence electrons. The average molecular weight is 251 g/mol. The van der Waals surface area contributed by atoms with Gasteiger partial charge in [0.25, 0.3) is 0 Å². The van der Waals surface area contributed by atoms with E-state index in [2.05, 4.69) is 11.4 Å². The summed E-state index contributed by atoms with van der Waals surface area (Å²) < 4.78 is 5.41. The number of ether oxygens (including phenoxy) is 1. The maximum Gasteiger partial charge on any atom is 0.101 e. The summed E-state index contributed by atoms with van der Waals surface area (Å²) in [5.74, 6) is 0. The van der Waals surface area contributed by atoms with Crippen LogP contribution >= 0.6 is 11.6 Å². The molecular weight excluding hydrogens is 236 g/mol. The topological polar surface area (TPSA) is 45.0 Å². The minimum atomic E-state index is 0.432.